The van der Waals surface area contributed by atoms with Crippen LogP contribution in [0.1, 0.15) is 10.6 Å². The number of ether oxygens (including phenoxy) is 1. The van der Waals surface area contributed by atoms with Crippen molar-refractivity contribution in [2.24, 2.45) is 0 Å². The molecular weight excluding hydrogens is 396 g/mol. The van der Waals surface area contributed by atoms with Crippen molar-refractivity contribution in [2.45, 2.75) is 0 Å². The molecule has 0 fully saturated rings. The van der Waals surface area contributed by atoms with Crippen LogP contribution in [0.5, 0.6) is 11.5 Å². The molecule has 1 aromatic heterocycles. The van der Waals surface area contributed by atoms with Crippen LogP contribution in [0.3, 0.4) is 0 Å². The van der Waals surface area contributed by atoms with Crippen molar-refractivity contribution in [3.8, 4) is 11.5 Å². The van der Waals surface area contributed by atoms with E-state index >= 15 is 0 Å². The van der Waals surface area contributed by atoms with Gasteiger partial charge in [0.15, 0.2) is 11.5 Å². The van der Waals surface area contributed by atoms with Crippen LogP contribution in [0.4, 0.5) is 5.69 Å². The zero-order valence-corrected chi connectivity index (χ0v) is 14.8. The van der Waals surface area contributed by atoms with E-state index in [1.165, 1.54) is 30.6 Å². The van der Waals surface area contributed by atoms with Crippen molar-refractivity contribution in [2.75, 3.05) is 7.11 Å². The first kappa shape index (κ1) is 16.4. The maximum absolute atomic E-state index is 10.8. The third-order valence-corrected chi connectivity index (χ3v) is 4.99. The first-order chi connectivity index (χ1) is 11.5. The minimum absolute atomic E-state index is 0.0196. The van der Waals surface area contributed by atoms with Gasteiger partial charge in [0.2, 0.25) is 0 Å². The molecule has 6 nitrogen and oxygen atoms in total. The molecule has 2 aromatic carbocycles. The first-order valence-electron chi connectivity index (χ1n) is 6.77. The largest absolute Gasteiger partial charge is 0.504 e. The number of nitrogens with zero attached hydrogens (tertiary/aromatic N) is 2. The minimum Gasteiger partial charge on any atom is -0.504 e. The molecule has 24 heavy (non-hydrogen) atoms. The minimum atomic E-state index is -0.439. The number of hydrogen-bond acceptors (Lipinski definition) is 6. The Kier molecular flexibility index (Phi) is 4.50. The summed E-state index contributed by atoms with van der Waals surface area (Å²) >= 11 is 4.85. The summed E-state index contributed by atoms with van der Waals surface area (Å²) in [5, 5.41) is 21.4. The normalized spacial score (nSPS) is 11.2. The lowest BCUT2D eigenvalue weighted by atomic mass is 10.2. The monoisotopic (exact) mass is 406 g/mol. The SMILES string of the molecule is COc1cc(Br)c(/C=C/c2nc3cc([N+](=O)[O-])ccc3s2)cc1O. The molecule has 0 bridgehead atoms. The highest BCUT2D eigenvalue weighted by molar-refractivity contribution is 9.10. The fourth-order valence-electron chi connectivity index (χ4n) is 2.13. The summed E-state index contributed by atoms with van der Waals surface area (Å²) in [6, 6.07) is 7.87. The van der Waals surface area contributed by atoms with Gasteiger partial charge in [-0.3, -0.25) is 10.1 Å². The van der Waals surface area contributed by atoms with Gasteiger partial charge in [-0.05, 0) is 29.8 Å². The Labute approximate surface area is 149 Å². The number of hydrogen-bond donors (Lipinski definition) is 1. The molecule has 0 radical (unpaired) electrons. The predicted molar refractivity (Wildman–Crippen MR) is 97.6 cm³/mol. The number of halogens is 1. The summed E-state index contributed by atoms with van der Waals surface area (Å²) < 4.78 is 6.69. The first-order valence-corrected chi connectivity index (χ1v) is 8.38. The van der Waals surface area contributed by atoms with Gasteiger partial charge >= 0.3 is 0 Å². The van der Waals surface area contributed by atoms with Gasteiger partial charge in [-0.25, -0.2) is 4.98 Å². The summed E-state index contributed by atoms with van der Waals surface area (Å²) in [5.41, 5.74) is 1.37. The van der Waals surface area contributed by atoms with Crippen LogP contribution in [0.15, 0.2) is 34.8 Å². The summed E-state index contributed by atoms with van der Waals surface area (Å²) in [4.78, 5) is 14.8. The molecule has 0 amide bonds. The number of nitro benzene ring substituents is 1. The summed E-state index contributed by atoms with van der Waals surface area (Å²) in [7, 11) is 1.48. The van der Waals surface area contributed by atoms with Gasteiger partial charge in [0.1, 0.15) is 5.01 Å². The fourth-order valence-corrected chi connectivity index (χ4v) is 3.44. The van der Waals surface area contributed by atoms with Crippen LogP contribution in [0, 0.1) is 10.1 Å². The smallest absolute Gasteiger partial charge is 0.271 e. The van der Waals surface area contributed by atoms with Crippen LogP contribution >= 0.6 is 27.3 Å². The van der Waals surface area contributed by atoms with E-state index in [1.807, 2.05) is 0 Å². The average molecular weight is 407 g/mol. The van der Waals surface area contributed by atoms with Crippen LogP contribution in [-0.4, -0.2) is 22.1 Å². The second kappa shape index (κ2) is 6.58. The topological polar surface area (TPSA) is 85.5 Å². The van der Waals surface area contributed by atoms with E-state index in [9.17, 15) is 15.2 Å². The zero-order chi connectivity index (χ0) is 17.3. The van der Waals surface area contributed by atoms with Gasteiger partial charge in [0.25, 0.3) is 5.69 Å². The summed E-state index contributed by atoms with van der Waals surface area (Å²) in [6.45, 7) is 0. The van der Waals surface area contributed by atoms with Gasteiger partial charge in [-0.1, -0.05) is 22.0 Å². The van der Waals surface area contributed by atoms with Gasteiger partial charge in [0, 0.05) is 16.6 Å². The van der Waals surface area contributed by atoms with Crippen molar-refractivity contribution in [3.05, 3.63) is 55.5 Å². The van der Waals surface area contributed by atoms with Gasteiger partial charge in [-0.15, -0.1) is 11.3 Å². The lowest BCUT2D eigenvalue weighted by Gasteiger charge is -2.06. The Morgan fingerprint density at radius 3 is 2.83 bits per heavy atom. The molecule has 3 aromatic rings. The second-order valence-electron chi connectivity index (χ2n) is 4.84. The van der Waals surface area contributed by atoms with Crippen molar-refractivity contribution in [3.63, 3.8) is 0 Å². The number of nitro groups is 1. The lowest BCUT2D eigenvalue weighted by Crippen LogP contribution is -1.86. The van der Waals surface area contributed by atoms with Crippen LogP contribution in [0.25, 0.3) is 22.4 Å². The number of phenolic OH excluding ortho intramolecular Hbond substituents is 1. The van der Waals surface area contributed by atoms with E-state index in [0.717, 1.165) is 14.7 Å². The van der Waals surface area contributed by atoms with E-state index in [-0.39, 0.29) is 11.4 Å². The highest BCUT2D eigenvalue weighted by Gasteiger charge is 2.10. The quantitative estimate of drug-likeness (QED) is 0.494. The predicted octanol–water partition coefficient (Wildman–Crippen LogP) is 4.85. The van der Waals surface area contributed by atoms with Gasteiger partial charge in [-0.2, -0.15) is 0 Å². The molecule has 3 rings (SSSR count). The van der Waals surface area contributed by atoms with E-state index in [4.69, 9.17) is 4.74 Å². The molecule has 8 heteroatoms. The van der Waals surface area contributed by atoms with Crippen molar-refractivity contribution >= 4 is 55.3 Å². The Morgan fingerprint density at radius 1 is 1.33 bits per heavy atom. The number of non-ortho nitro benzene ring substituents is 1. The van der Waals surface area contributed by atoms with Gasteiger partial charge in [0.05, 0.1) is 22.2 Å². The molecule has 0 saturated heterocycles. The summed E-state index contributed by atoms with van der Waals surface area (Å²) in [6.07, 6.45) is 3.60. The molecular formula is C16H11BrN2O4S. The third kappa shape index (κ3) is 3.24. The molecule has 1 heterocycles. The highest BCUT2D eigenvalue weighted by Crippen LogP contribution is 2.34. The van der Waals surface area contributed by atoms with Crippen LogP contribution in [0.2, 0.25) is 0 Å². The molecule has 0 spiro atoms. The third-order valence-electron chi connectivity index (χ3n) is 3.30. The van der Waals surface area contributed by atoms with Crippen LogP contribution in [-0.2, 0) is 0 Å². The van der Waals surface area contributed by atoms with Crippen LogP contribution < -0.4 is 4.74 Å². The average Bonchev–Trinajstić information content (AvgIpc) is 2.97. The molecule has 0 aliphatic rings. The standard InChI is InChI=1S/C16H11BrN2O4S/c1-23-14-8-11(17)9(6-13(14)20)2-5-16-18-12-7-10(19(21)22)3-4-15(12)24-16/h2-8,20H,1H3/b5-2+. The molecule has 0 aliphatic heterocycles. The van der Waals surface area contributed by atoms with E-state index in [1.54, 1.807) is 30.4 Å². The van der Waals surface area contributed by atoms with E-state index in [0.29, 0.717) is 16.3 Å². The van der Waals surface area contributed by atoms with Crippen molar-refractivity contribution in [1.29, 1.82) is 0 Å². The Bertz CT molecular complexity index is 968. The molecule has 0 atom stereocenters. The number of methoxy groups -OCH3 is 1. The number of phenols is 1. The molecule has 0 saturated carbocycles. The molecule has 1 N–H and O–H groups in total. The number of aromatic nitrogens is 1. The van der Waals surface area contributed by atoms with Crippen molar-refractivity contribution < 1.29 is 14.8 Å². The van der Waals surface area contributed by atoms with E-state index in [2.05, 4.69) is 20.9 Å². The van der Waals surface area contributed by atoms with Gasteiger partial charge < -0.3 is 9.84 Å². The summed E-state index contributed by atoms with van der Waals surface area (Å²) in [5.74, 6) is 0.423. The lowest BCUT2D eigenvalue weighted by molar-refractivity contribution is -0.384. The Hall–Kier alpha value is -2.45. The number of rotatable bonds is 4. The number of aromatic hydroxyl groups is 1. The Morgan fingerprint density at radius 2 is 2.12 bits per heavy atom. The molecule has 0 unspecified atom stereocenters. The highest BCUT2D eigenvalue weighted by atomic mass is 79.9. The second-order valence-corrected chi connectivity index (χ2v) is 6.76. The van der Waals surface area contributed by atoms with Crippen molar-refractivity contribution in [1.82, 2.24) is 4.98 Å². The zero-order valence-electron chi connectivity index (χ0n) is 12.4. The fraction of sp³-hybridized carbons (Fsp3) is 0.0625. The van der Waals surface area contributed by atoms with E-state index < -0.39 is 4.92 Å². The number of thiazole rings is 1. The molecule has 122 valence electrons. The number of fused-ring (bicyclic) bond motifs is 1. The maximum atomic E-state index is 10.8. The maximum Gasteiger partial charge on any atom is 0.271 e. The molecule has 0 aliphatic carbocycles. The number of benzene rings is 2. The Balaban J connectivity index is 1.93.